The number of carbonyl (C=O) groups is 1. The van der Waals surface area contributed by atoms with Crippen LogP contribution in [0.15, 0.2) is 54.6 Å². The maximum absolute atomic E-state index is 12.2. The number of anilines is 1. The molecular formula is C18H21NO3. The fourth-order valence-electron chi connectivity index (χ4n) is 2.17. The van der Waals surface area contributed by atoms with Crippen molar-refractivity contribution in [1.82, 2.24) is 0 Å². The molecule has 2 atom stereocenters. The maximum atomic E-state index is 12.2. The van der Waals surface area contributed by atoms with Crippen molar-refractivity contribution in [3.05, 3.63) is 65.7 Å². The molecule has 0 saturated heterocycles. The highest BCUT2D eigenvalue weighted by Gasteiger charge is 2.29. The molecule has 22 heavy (non-hydrogen) atoms. The van der Waals surface area contributed by atoms with Crippen LogP contribution in [0.4, 0.5) is 5.69 Å². The zero-order valence-corrected chi connectivity index (χ0v) is 12.8. The first-order valence-corrected chi connectivity index (χ1v) is 7.34. The van der Waals surface area contributed by atoms with E-state index in [4.69, 9.17) is 4.74 Å². The molecule has 116 valence electrons. The average Bonchev–Trinajstić information content (AvgIpc) is 2.54. The van der Waals surface area contributed by atoms with Gasteiger partial charge >= 0.3 is 5.97 Å². The molecule has 0 heterocycles. The Morgan fingerprint density at radius 1 is 1.14 bits per heavy atom. The molecule has 4 nitrogen and oxygen atoms in total. The topological polar surface area (TPSA) is 58.6 Å². The van der Waals surface area contributed by atoms with E-state index in [0.29, 0.717) is 5.56 Å². The first kappa shape index (κ1) is 16.0. The van der Waals surface area contributed by atoms with Crippen molar-refractivity contribution in [2.45, 2.75) is 26.0 Å². The van der Waals surface area contributed by atoms with Gasteiger partial charge in [-0.3, -0.25) is 0 Å². The van der Waals surface area contributed by atoms with E-state index in [0.717, 1.165) is 11.3 Å². The van der Waals surface area contributed by atoms with E-state index in [-0.39, 0.29) is 6.61 Å². The number of hydrogen-bond donors (Lipinski definition) is 2. The number of benzene rings is 2. The van der Waals surface area contributed by atoms with Gasteiger partial charge in [0.2, 0.25) is 0 Å². The first-order chi connectivity index (χ1) is 10.6. The lowest BCUT2D eigenvalue weighted by Gasteiger charge is -2.23. The molecule has 0 spiro atoms. The van der Waals surface area contributed by atoms with Crippen LogP contribution in [0.3, 0.4) is 0 Å². The maximum Gasteiger partial charge on any atom is 0.331 e. The summed E-state index contributed by atoms with van der Waals surface area (Å²) < 4.78 is 5.08. The molecule has 2 aromatic rings. The summed E-state index contributed by atoms with van der Waals surface area (Å²) in [5, 5.41) is 13.6. The Morgan fingerprint density at radius 2 is 1.77 bits per heavy atom. The molecule has 0 saturated carbocycles. The summed E-state index contributed by atoms with van der Waals surface area (Å²) in [6.07, 6.45) is -0.985. The van der Waals surface area contributed by atoms with Gasteiger partial charge in [-0.05, 0) is 31.5 Å². The van der Waals surface area contributed by atoms with Crippen LogP contribution in [-0.4, -0.2) is 23.7 Å². The lowest BCUT2D eigenvalue weighted by Crippen LogP contribution is -2.37. The van der Waals surface area contributed by atoms with Crippen molar-refractivity contribution in [1.29, 1.82) is 0 Å². The average molecular weight is 299 g/mol. The second-order valence-electron chi connectivity index (χ2n) is 5.10. The third-order valence-electron chi connectivity index (χ3n) is 3.37. The van der Waals surface area contributed by atoms with Crippen molar-refractivity contribution in [3.8, 4) is 0 Å². The van der Waals surface area contributed by atoms with Crippen molar-refractivity contribution >= 4 is 11.7 Å². The van der Waals surface area contributed by atoms with Gasteiger partial charge in [-0.25, -0.2) is 4.79 Å². The second-order valence-corrected chi connectivity index (χ2v) is 5.10. The van der Waals surface area contributed by atoms with E-state index in [1.807, 2.05) is 49.4 Å². The highest BCUT2D eigenvalue weighted by atomic mass is 16.5. The lowest BCUT2D eigenvalue weighted by atomic mass is 10.0. The summed E-state index contributed by atoms with van der Waals surface area (Å²) in [4.78, 5) is 12.2. The van der Waals surface area contributed by atoms with E-state index < -0.39 is 18.1 Å². The quantitative estimate of drug-likeness (QED) is 0.805. The molecule has 2 aromatic carbocycles. The predicted octanol–water partition coefficient (Wildman–Crippen LogP) is 3.07. The van der Waals surface area contributed by atoms with Crippen molar-refractivity contribution in [2.24, 2.45) is 0 Å². The number of ether oxygens (including phenoxy) is 1. The van der Waals surface area contributed by atoms with Gasteiger partial charge in [-0.1, -0.05) is 48.0 Å². The molecule has 4 heteroatoms. The molecule has 0 amide bonds. The van der Waals surface area contributed by atoms with Gasteiger partial charge in [-0.15, -0.1) is 0 Å². The largest absolute Gasteiger partial charge is 0.464 e. The summed E-state index contributed by atoms with van der Waals surface area (Å²) in [5.74, 6) is -0.473. The van der Waals surface area contributed by atoms with Gasteiger partial charge in [0.25, 0.3) is 0 Å². The Kier molecular flexibility index (Phi) is 5.55. The number of carbonyl (C=O) groups excluding carboxylic acids is 1. The Labute approximate surface area is 130 Å². The van der Waals surface area contributed by atoms with Crippen LogP contribution in [0.25, 0.3) is 0 Å². The standard InChI is InChI=1S/C18H21NO3/c1-3-22-18(21)16(17(20)14-7-5-4-6-8-14)19-15-11-9-13(2)10-12-15/h4-12,16-17,19-20H,3H2,1-2H3. The Balaban J connectivity index is 2.22. The molecule has 0 aromatic heterocycles. The highest BCUT2D eigenvalue weighted by molar-refractivity contribution is 5.80. The van der Waals surface area contributed by atoms with E-state index in [1.165, 1.54) is 0 Å². The van der Waals surface area contributed by atoms with Crippen LogP contribution in [-0.2, 0) is 9.53 Å². The Morgan fingerprint density at radius 3 is 2.36 bits per heavy atom. The van der Waals surface area contributed by atoms with Crippen molar-refractivity contribution in [3.63, 3.8) is 0 Å². The molecule has 0 bridgehead atoms. The van der Waals surface area contributed by atoms with Crippen LogP contribution in [0.1, 0.15) is 24.2 Å². The Bertz CT molecular complexity index is 595. The van der Waals surface area contributed by atoms with Gasteiger partial charge in [0.1, 0.15) is 6.10 Å². The predicted molar refractivity (Wildman–Crippen MR) is 86.6 cm³/mol. The molecular weight excluding hydrogens is 278 g/mol. The Hall–Kier alpha value is -2.33. The summed E-state index contributed by atoms with van der Waals surface area (Å²) in [6.45, 7) is 4.01. The summed E-state index contributed by atoms with van der Waals surface area (Å²) in [5.41, 5.74) is 2.56. The number of aliphatic hydroxyl groups is 1. The molecule has 0 aliphatic heterocycles. The molecule has 0 fully saturated rings. The van der Waals surface area contributed by atoms with Crippen molar-refractivity contribution in [2.75, 3.05) is 11.9 Å². The number of esters is 1. The van der Waals surface area contributed by atoms with Crippen LogP contribution < -0.4 is 5.32 Å². The molecule has 2 rings (SSSR count). The molecule has 0 radical (unpaired) electrons. The first-order valence-electron chi connectivity index (χ1n) is 7.34. The van der Waals surface area contributed by atoms with E-state index in [2.05, 4.69) is 5.32 Å². The van der Waals surface area contributed by atoms with E-state index in [9.17, 15) is 9.90 Å². The van der Waals surface area contributed by atoms with E-state index in [1.54, 1.807) is 19.1 Å². The normalized spacial score (nSPS) is 13.2. The monoisotopic (exact) mass is 299 g/mol. The summed E-state index contributed by atoms with van der Waals surface area (Å²) in [7, 11) is 0. The van der Waals surface area contributed by atoms with Crippen LogP contribution >= 0.6 is 0 Å². The number of aryl methyl sites for hydroxylation is 1. The fourth-order valence-corrected chi connectivity index (χ4v) is 2.17. The van der Waals surface area contributed by atoms with Crippen molar-refractivity contribution < 1.29 is 14.6 Å². The zero-order chi connectivity index (χ0) is 15.9. The molecule has 2 unspecified atom stereocenters. The minimum atomic E-state index is -0.985. The third-order valence-corrected chi connectivity index (χ3v) is 3.37. The minimum Gasteiger partial charge on any atom is -0.464 e. The minimum absolute atomic E-state index is 0.270. The van der Waals surface area contributed by atoms with Gasteiger partial charge in [0.05, 0.1) is 6.61 Å². The second kappa shape index (κ2) is 7.61. The molecule has 0 aliphatic carbocycles. The number of aliphatic hydroxyl groups excluding tert-OH is 1. The lowest BCUT2D eigenvalue weighted by molar-refractivity contribution is -0.146. The van der Waals surface area contributed by atoms with Gasteiger partial charge in [0, 0.05) is 5.69 Å². The zero-order valence-electron chi connectivity index (χ0n) is 12.8. The highest BCUT2D eigenvalue weighted by Crippen LogP contribution is 2.21. The SMILES string of the molecule is CCOC(=O)C(Nc1ccc(C)cc1)C(O)c1ccccc1. The summed E-state index contributed by atoms with van der Waals surface area (Å²) >= 11 is 0. The van der Waals surface area contributed by atoms with Crippen LogP contribution in [0.2, 0.25) is 0 Å². The number of hydrogen-bond acceptors (Lipinski definition) is 4. The summed E-state index contributed by atoms with van der Waals surface area (Å²) in [6, 6.07) is 15.9. The fraction of sp³-hybridized carbons (Fsp3) is 0.278. The molecule has 2 N–H and O–H groups in total. The van der Waals surface area contributed by atoms with Crippen LogP contribution in [0, 0.1) is 6.92 Å². The van der Waals surface area contributed by atoms with Gasteiger partial charge in [-0.2, -0.15) is 0 Å². The third kappa shape index (κ3) is 4.09. The number of nitrogens with one attached hydrogen (secondary N) is 1. The number of rotatable bonds is 6. The van der Waals surface area contributed by atoms with Gasteiger partial charge in [0.15, 0.2) is 6.04 Å². The molecule has 0 aliphatic rings. The van der Waals surface area contributed by atoms with Crippen LogP contribution in [0.5, 0.6) is 0 Å². The van der Waals surface area contributed by atoms with E-state index >= 15 is 0 Å². The smallest absolute Gasteiger partial charge is 0.331 e. The van der Waals surface area contributed by atoms with Gasteiger partial charge < -0.3 is 15.2 Å².